The van der Waals surface area contributed by atoms with Gasteiger partial charge in [-0.25, -0.2) is 4.79 Å². The van der Waals surface area contributed by atoms with Crippen molar-refractivity contribution in [2.24, 2.45) is 5.73 Å². The first-order valence-electron chi connectivity index (χ1n) is 10.3. The van der Waals surface area contributed by atoms with E-state index in [1.54, 1.807) is 0 Å². The average molecular weight is 491 g/mol. The summed E-state index contributed by atoms with van der Waals surface area (Å²) in [4.78, 5) is 72.5. The highest BCUT2D eigenvalue weighted by molar-refractivity contribution is 7.98. The maximum absolute atomic E-state index is 12.8. The van der Waals surface area contributed by atoms with Crippen molar-refractivity contribution < 1.29 is 44.1 Å². The molecule has 0 bridgehead atoms. The van der Waals surface area contributed by atoms with E-state index < -0.39 is 79.1 Å². The summed E-state index contributed by atoms with van der Waals surface area (Å²) in [7, 11) is 0. The predicted octanol–water partition coefficient (Wildman–Crippen LogP) is -1.55. The molecule has 1 rings (SSSR count). The van der Waals surface area contributed by atoms with Crippen molar-refractivity contribution in [2.45, 2.75) is 62.7 Å². The third-order valence-corrected chi connectivity index (χ3v) is 5.71. The van der Waals surface area contributed by atoms with Gasteiger partial charge in [-0.3, -0.25) is 24.0 Å². The number of carbonyl (C=O) groups excluding carboxylic acids is 3. The molecule has 1 heterocycles. The Morgan fingerprint density at radius 1 is 1.03 bits per heavy atom. The standard InChI is InChI=1S/C19H30N4O9S/c1-33-8-6-10(20)18(30)23-7-2-3-13(23)17(29)22-12(9-15(26)27)16(28)21-11(19(31)32)4-5-14(24)25/h10-13H,2-9,20H2,1H3,(H,21,28)(H,22,29)(H,24,25)(H,26,27)(H,31,32). The molecule has 0 aromatic carbocycles. The van der Waals surface area contributed by atoms with E-state index in [1.165, 1.54) is 16.7 Å². The number of carboxylic acid groups (broad SMARTS) is 3. The zero-order valence-corrected chi connectivity index (χ0v) is 19.0. The molecule has 1 aliphatic rings. The van der Waals surface area contributed by atoms with Crippen molar-refractivity contribution in [2.75, 3.05) is 18.6 Å². The summed E-state index contributed by atoms with van der Waals surface area (Å²) in [5, 5.41) is 31.4. The van der Waals surface area contributed by atoms with E-state index in [2.05, 4.69) is 10.6 Å². The minimum absolute atomic E-state index is 0.288. The lowest BCUT2D eigenvalue weighted by atomic mass is 10.1. The first-order valence-corrected chi connectivity index (χ1v) is 11.7. The van der Waals surface area contributed by atoms with Gasteiger partial charge in [0.1, 0.15) is 18.1 Å². The Morgan fingerprint density at radius 2 is 1.70 bits per heavy atom. The lowest BCUT2D eigenvalue weighted by Gasteiger charge is -2.28. The largest absolute Gasteiger partial charge is 0.481 e. The molecule has 0 saturated carbocycles. The number of nitrogens with zero attached hydrogens (tertiary/aromatic N) is 1. The molecule has 7 N–H and O–H groups in total. The van der Waals surface area contributed by atoms with Gasteiger partial charge in [0.2, 0.25) is 17.7 Å². The van der Waals surface area contributed by atoms with Crippen molar-refractivity contribution in [3.63, 3.8) is 0 Å². The molecular formula is C19H30N4O9S. The monoisotopic (exact) mass is 490 g/mol. The van der Waals surface area contributed by atoms with Gasteiger partial charge in [-0.1, -0.05) is 0 Å². The molecule has 0 aromatic heterocycles. The van der Waals surface area contributed by atoms with Crippen LogP contribution in [0.5, 0.6) is 0 Å². The van der Waals surface area contributed by atoms with Crippen molar-refractivity contribution in [1.29, 1.82) is 0 Å². The second kappa shape index (κ2) is 13.6. The Balaban J connectivity index is 2.89. The minimum atomic E-state index is -1.62. The lowest BCUT2D eigenvalue weighted by Crippen LogP contribution is -2.57. The molecule has 0 radical (unpaired) electrons. The quantitative estimate of drug-likeness (QED) is 0.164. The van der Waals surface area contributed by atoms with Gasteiger partial charge in [0, 0.05) is 13.0 Å². The summed E-state index contributed by atoms with van der Waals surface area (Å²) in [6.07, 6.45) is 1.30. The van der Waals surface area contributed by atoms with E-state index in [4.69, 9.17) is 15.9 Å². The van der Waals surface area contributed by atoms with Crippen LogP contribution < -0.4 is 16.4 Å². The van der Waals surface area contributed by atoms with Crippen LogP contribution in [0.2, 0.25) is 0 Å². The van der Waals surface area contributed by atoms with E-state index in [0.717, 1.165) is 0 Å². The van der Waals surface area contributed by atoms with Crippen LogP contribution in [0.3, 0.4) is 0 Å². The van der Waals surface area contributed by atoms with Crippen LogP contribution in [0.4, 0.5) is 0 Å². The third-order valence-electron chi connectivity index (χ3n) is 5.06. The summed E-state index contributed by atoms with van der Waals surface area (Å²) >= 11 is 1.52. The molecule has 1 fully saturated rings. The van der Waals surface area contributed by atoms with Crippen LogP contribution in [0, 0.1) is 0 Å². The van der Waals surface area contributed by atoms with Gasteiger partial charge in [-0.05, 0) is 37.7 Å². The van der Waals surface area contributed by atoms with Crippen LogP contribution in [0.1, 0.15) is 38.5 Å². The van der Waals surface area contributed by atoms with E-state index in [-0.39, 0.29) is 6.54 Å². The zero-order chi connectivity index (χ0) is 25.1. The second-order valence-electron chi connectivity index (χ2n) is 7.57. The molecule has 186 valence electrons. The van der Waals surface area contributed by atoms with Crippen LogP contribution in [0.15, 0.2) is 0 Å². The van der Waals surface area contributed by atoms with Crippen molar-refractivity contribution in [1.82, 2.24) is 15.5 Å². The molecular weight excluding hydrogens is 460 g/mol. The first kappa shape index (κ1) is 28.2. The van der Waals surface area contributed by atoms with Crippen LogP contribution >= 0.6 is 11.8 Å². The SMILES string of the molecule is CSCCC(N)C(=O)N1CCCC1C(=O)NC(CC(=O)O)C(=O)NC(CCC(=O)O)C(=O)O. The summed E-state index contributed by atoms with van der Waals surface area (Å²) in [6, 6.07) is -4.94. The molecule has 0 aromatic rings. The maximum atomic E-state index is 12.8. The van der Waals surface area contributed by atoms with Crippen LogP contribution in [-0.2, 0) is 28.8 Å². The smallest absolute Gasteiger partial charge is 0.326 e. The minimum Gasteiger partial charge on any atom is -0.481 e. The number of amides is 3. The Morgan fingerprint density at radius 3 is 2.24 bits per heavy atom. The lowest BCUT2D eigenvalue weighted by molar-refractivity contribution is -0.145. The Labute approximate surface area is 194 Å². The van der Waals surface area contributed by atoms with Crippen LogP contribution in [0.25, 0.3) is 0 Å². The molecule has 4 atom stereocenters. The highest BCUT2D eigenvalue weighted by Gasteiger charge is 2.38. The average Bonchev–Trinajstić information content (AvgIpc) is 3.22. The summed E-state index contributed by atoms with van der Waals surface area (Å²) in [5.74, 6) is -5.80. The number of likely N-dealkylation sites (tertiary alicyclic amines) is 1. The van der Waals surface area contributed by atoms with E-state index in [9.17, 15) is 33.9 Å². The Kier molecular flexibility index (Phi) is 11.6. The fourth-order valence-corrected chi connectivity index (χ4v) is 3.82. The van der Waals surface area contributed by atoms with Gasteiger partial charge >= 0.3 is 17.9 Å². The second-order valence-corrected chi connectivity index (χ2v) is 8.55. The molecule has 13 nitrogen and oxygen atoms in total. The highest BCUT2D eigenvalue weighted by atomic mass is 32.2. The number of carbonyl (C=O) groups is 6. The molecule has 0 aliphatic carbocycles. The maximum Gasteiger partial charge on any atom is 0.326 e. The number of aliphatic carboxylic acids is 3. The zero-order valence-electron chi connectivity index (χ0n) is 18.2. The van der Waals surface area contributed by atoms with Gasteiger partial charge in [-0.2, -0.15) is 11.8 Å². The molecule has 1 saturated heterocycles. The molecule has 3 amide bonds. The summed E-state index contributed by atoms with van der Waals surface area (Å²) in [5.41, 5.74) is 5.92. The Bertz CT molecular complexity index is 764. The predicted molar refractivity (Wildman–Crippen MR) is 116 cm³/mol. The molecule has 33 heavy (non-hydrogen) atoms. The van der Waals surface area contributed by atoms with Gasteiger partial charge in [0.25, 0.3) is 0 Å². The van der Waals surface area contributed by atoms with Crippen LogP contribution in [-0.4, -0.2) is 98.6 Å². The van der Waals surface area contributed by atoms with Gasteiger partial charge < -0.3 is 36.6 Å². The van der Waals surface area contributed by atoms with Gasteiger partial charge in [0.15, 0.2) is 0 Å². The molecule has 14 heteroatoms. The van der Waals surface area contributed by atoms with Gasteiger partial charge in [0.05, 0.1) is 12.5 Å². The number of thioether (sulfide) groups is 1. The fourth-order valence-electron chi connectivity index (χ4n) is 3.33. The van der Waals surface area contributed by atoms with E-state index >= 15 is 0 Å². The highest BCUT2D eigenvalue weighted by Crippen LogP contribution is 2.19. The third kappa shape index (κ3) is 9.26. The summed E-state index contributed by atoms with van der Waals surface area (Å²) < 4.78 is 0. The first-order chi connectivity index (χ1) is 15.5. The van der Waals surface area contributed by atoms with Crippen molar-refractivity contribution in [3.05, 3.63) is 0 Å². The molecule has 4 unspecified atom stereocenters. The Hall–Kier alpha value is -2.87. The number of hydrogen-bond donors (Lipinski definition) is 6. The topological polar surface area (TPSA) is 216 Å². The number of nitrogens with two attached hydrogens (primary N) is 1. The van der Waals surface area contributed by atoms with Gasteiger partial charge in [-0.15, -0.1) is 0 Å². The number of rotatable bonds is 14. The summed E-state index contributed by atoms with van der Waals surface area (Å²) in [6.45, 7) is 0.288. The molecule has 0 spiro atoms. The fraction of sp³-hybridized carbons (Fsp3) is 0.684. The van der Waals surface area contributed by atoms with Crippen molar-refractivity contribution >= 4 is 47.4 Å². The van der Waals surface area contributed by atoms with Crippen molar-refractivity contribution in [3.8, 4) is 0 Å². The number of nitrogens with one attached hydrogen (secondary N) is 2. The normalized spacial score (nSPS) is 18.1. The number of carboxylic acids is 3. The van der Waals surface area contributed by atoms with E-state index in [0.29, 0.717) is 25.0 Å². The number of hydrogen-bond acceptors (Lipinski definition) is 8. The molecule has 1 aliphatic heterocycles. The van der Waals surface area contributed by atoms with E-state index in [1.807, 2.05) is 6.26 Å².